The van der Waals surface area contributed by atoms with Gasteiger partial charge in [0.2, 0.25) is 0 Å². The van der Waals surface area contributed by atoms with Crippen molar-refractivity contribution < 1.29 is 9.63 Å². The van der Waals surface area contributed by atoms with E-state index in [1.807, 2.05) is 6.07 Å². The summed E-state index contributed by atoms with van der Waals surface area (Å²) in [6.45, 7) is 0. The molecular formula is C16H12N6O2. The Hall–Kier alpha value is -3.86. The number of hydrogen-bond acceptors (Lipinski definition) is 7. The van der Waals surface area contributed by atoms with Gasteiger partial charge in [0.15, 0.2) is 5.82 Å². The van der Waals surface area contributed by atoms with Crippen LogP contribution in [-0.2, 0) is 4.84 Å². The largest absolute Gasteiger partial charge is 0.382 e. The first-order valence-corrected chi connectivity index (χ1v) is 6.91. The third-order valence-corrected chi connectivity index (χ3v) is 3.19. The van der Waals surface area contributed by atoms with Gasteiger partial charge in [-0.25, -0.2) is 19.9 Å². The van der Waals surface area contributed by atoms with Gasteiger partial charge in [0.1, 0.15) is 17.5 Å². The van der Waals surface area contributed by atoms with E-state index >= 15 is 0 Å². The van der Waals surface area contributed by atoms with Gasteiger partial charge >= 0.3 is 5.97 Å². The summed E-state index contributed by atoms with van der Waals surface area (Å²) in [6, 6.07) is 13.6. The van der Waals surface area contributed by atoms with Gasteiger partial charge in [0, 0.05) is 6.20 Å². The zero-order valence-corrected chi connectivity index (χ0v) is 12.4. The summed E-state index contributed by atoms with van der Waals surface area (Å²) >= 11 is 0. The number of benzene rings is 1. The van der Waals surface area contributed by atoms with Crippen molar-refractivity contribution >= 4 is 17.6 Å². The van der Waals surface area contributed by atoms with E-state index in [0.717, 1.165) is 0 Å². The van der Waals surface area contributed by atoms with Crippen molar-refractivity contribution in [2.45, 2.75) is 0 Å². The molecule has 0 radical (unpaired) electrons. The summed E-state index contributed by atoms with van der Waals surface area (Å²) in [4.78, 5) is 20.9. The molecule has 0 bridgehead atoms. The number of aromatic nitrogens is 3. The number of rotatable bonds is 4. The molecule has 0 saturated carbocycles. The first-order valence-electron chi connectivity index (χ1n) is 6.91. The second kappa shape index (κ2) is 6.50. The molecule has 1 aromatic carbocycles. The van der Waals surface area contributed by atoms with Crippen LogP contribution < -0.4 is 11.2 Å². The van der Waals surface area contributed by atoms with Gasteiger partial charge in [0.25, 0.3) is 0 Å². The Kier molecular flexibility index (Phi) is 4.07. The monoisotopic (exact) mass is 320 g/mol. The fraction of sp³-hybridized carbons (Fsp3) is 0. The highest BCUT2D eigenvalue weighted by molar-refractivity contribution is 5.90. The lowest BCUT2D eigenvalue weighted by Gasteiger charge is -2.07. The molecule has 0 atom stereocenters. The van der Waals surface area contributed by atoms with Gasteiger partial charge in [-0.1, -0.05) is 6.07 Å². The lowest BCUT2D eigenvalue weighted by atomic mass is 10.2. The highest BCUT2D eigenvalue weighted by Crippen LogP contribution is 2.17. The Morgan fingerprint density at radius 2 is 2.04 bits per heavy atom. The van der Waals surface area contributed by atoms with Crippen LogP contribution in [0.5, 0.6) is 0 Å². The van der Waals surface area contributed by atoms with Crippen LogP contribution in [0.2, 0.25) is 0 Å². The molecule has 118 valence electrons. The number of carbonyl (C=O) groups is 1. The molecule has 2 heterocycles. The van der Waals surface area contributed by atoms with Crippen LogP contribution in [-0.4, -0.2) is 20.7 Å². The van der Waals surface area contributed by atoms with Crippen molar-refractivity contribution in [2.24, 2.45) is 0 Å². The number of nitriles is 1. The minimum atomic E-state index is -0.557. The maximum atomic E-state index is 12.0. The standard InChI is InChI=1S/C16H12N6O2/c17-9-12-10-20-22(15(12)18)13-6-4-11(5-7-13)16(23)24-21-14-3-1-2-8-19-14/h1-8,10H,18H2,(H,19,21). The molecule has 0 aliphatic heterocycles. The van der Waals surface area contributed by atoms with Crippen LogP contribution >= 0.6 is 0 Å². The number of nitrogen functional groups attached to an aromatic ring is 1. The van der Waals surface area contributed by atoms with Crippen molar-refractivity contribution in [2.75, 3.05) is 11.2 Å². The first kappa shape index (κ1) is 15.1. The molecule has 0 spiro atoms. The Labute approximate surface area is 137 Å². The quantitative estimate of drug-likeness (QED) is 0.705. The Morgan fingerprint density at radius 1 is 1.25 bits per heavy atom. The molecule has 0 aliphatic rings. The molecule has 0 aliphatic carbocycles. The third-order valence-electron chi connectivity index (χ3n) is 3.19. The van der Waals surface area contributed by atoms with Gasteiger partial charge in [-0.2, -0.15) is 10.4 Å². The molecule has 24 heavy (non-hydrogen) atoms. The lowest BCUT2D eigenvalue weighted by Crippen LogP contribution is -2.11. The molecule has 0 fully saturated rings. The van der Waals surface area contributed by atoms with Gasteiger partial charge in [0.05, 0.1) is 17.4 Å². The smallest absolute Gasteiger partial charge is 0.362 e. The zero-order chi connectivity index (χ0) is 16.9. The minimum Gasteiger partial charge on any atom is -0.382 e. The fourth-order valence-corrected chi connectivity index (χ4v) is 1.97. The number of nitrogens with zero attached hydrogens (tertiary/aromatic N) is 4. The lowest BCUT2D eigenvalue weighted by molar-refractivity contribution is 0.0595. The normalized spacial score (nSPS) is 9.96. The number of nitrogens with two attached hydrogens (primary N) is 1. The second-order valence-electron chi connectivity index (χ2n) is 4.72. The van der Waals surface area contributed by atoms with E-state index < -0.39 is 5.97 Å². The third kappa shape index (κ3) is 3.00. The van der Waals surface area contributed by atoms with E-state index in [4.69, 9.17) is 15.8 Å². The average molecular weight is 320 g/mol. The van der Waals surface area contributed by atoms with E-state index in [-0.39, 0.29) is 11.4 Å². The number of nitrogens with one attached hydrogen (secondary N) is 1. The van der Waals surface area contributed by atoms with E-state index in [0.29, 0.717) is 17.1 Å². The molecule has 0 saturated heterocycles. The summed E-state index contributed by atoms with van der Waals surface area (Å²) in [7, 11) is 0. The predicted molar refractivity (Wildman–Crippen MR) is 86.0 cm³/mol. The first-order chi connectivity index (χ1) is 11.7. The SMILES string of the molecule is N#Cc1cnn(-c2ccc(C(=O)ONc3ccccn3)cc2)c1N. The molecule has 3 aromatic rings. The van der Waals surface area contributed by atoms with Crippen molar-refractivity contribution in [3.8, 4) is 11.8 Å². The molecule has 8 nitrogen and oxygen atoms in total. The maximum absolute atomic E-state index is 12.0. The summed E-state index contributed by atoms with van der Waals surface area (Å²) in [6.07, 6.45) is 2.96. The van der Waals surface area contributed by atoms with Crippen molar-refractivity contribution in [1.29, 1.82) is 5.26 Å². The van der Waals surface area contributed by atoms with Gasteiger partial charge in [-0.3, -0.25) is 0 Å². The van der Waals surface area contributed by atoms with E-state index in [2.05, 4.69) is 15.6 Å². The van der Waals surface area contributed by atoms with Crippen LogP contribution in [0.1, 0.15) is 15.9 Å². The van der Waals surface area contributed by atoms with E-state index in [1.54, 1.807) is 48.7 Å². The van der Waals surface area contributed by atoms with Crippen molar-refractivity contribution in [1.82, 2.24) is 14.8 Å². The average Bonchev–Trinajstić information content (AvgIpc) is 3.01. The number of carbonyl (C=O) groups excluding carboxylic acids is 1. The summed E-state index contributed by atoms with van der Waals surface area (Å²) in [5.74, 6) is 0.110. The Balaban J connectivity index is 1.71. The fourth-order valence-electron chi connectivity index (χ4n) is 1.97. The minimum absolute atomic E-state index is 0.240. The van der Waals surface area contributed by atoms with Crippen LogP contribution in [0.3, 0.4) is 0 Å². The number of hydrogen-bond donors (Lipinski definition) is 2. The summed E-state index contributed by atoms with van der Waals surface area (Å²) < 4.78 is 1.42. The molecule has 0 amide bonds. The van der Waals surface area contributed by atoms with Crippen LogP contribution in [0.25, 0.3) is 5.69 Å². The van der Waals surface area contributed by atoms with Gasteiger partial charge in [-0.15, -0.1) is 0 Å². The zero-order valence-electron chi connectivity index (χ0n) is 12.4. The van der Waals surface area contributed by atoms with E-state index in [1.165, 1.54) is 10.9 Å². The highest BCUT2D eigenvalue weighted by atomic mass is 16.7. The van der Waals surface area contributed by atoms with Crippen LogP contribution in [0.15, 0.2) is 54.9 Å². The maximum Gasteiger partial charge on any atom is 0.362 e. The topological polar surface area (TPSA) is 119 Å². The Morgan fingerprint density at radius 3 is 2.67 bits per heavy atom. The van der Waals surface area contributed by atoms with Gasteiger partial charge < -0.3 is 10.6 Å². The predicted octanol–water partition coefficient (Wildman–Crippen LogP) is 1.91. The highest BCUT2D eigenvalue weighted by Gasteiger charge is 2.11. The second-order valence-corrected chi connectivity index (χ2v) is 4.72. The summed E-state index contributed by atoms with van der Waals surface area (Å²) in [5, 5.41) is 12.9. The van der Waals surface area contributed by atoms with Crippen LogP contribution in [0.4, 0.5) is 11.6 Å². The number of anilines is 2. The number of pyridine rings is 1. The molecule has 0 unspecified atom stereocenters. The molecule has 2 aromatic heterocycles. The molecule has 3 rings (SSSR count). The van der Waals surface area contributed by atoms with Crippen molar-refractivity contribution in [3.63, 3.8) is 0 Å². The van der Waals surface area contributed by atoms with E-state index in [9.17, 15) is 4.79 Å². The van der Waals surface area contributed by atoms with Crippen LogP contribution in [0, 0.1) is 11.3 Å². The van der Waals surface area contributed by atoms with Crippen molar-refractivity contribution in [3.05, 3.63) is 66.0 Å². The molecule has 8 heteroatoms. The molecule has 3 N–H and O–H groups in total. The van der Waals surface area contributed by atoms with Gasteiger partial charge in [-0.05, 0) is 36.4 Å². The Bertz CT molecular complexity index is 897. The summed E-state index contributed by atoms with van der Waals surface area (Å²) in [5.41, 5.74) is 9.56. The molecular weight excluding hydrogens is 308 g/mol.